The van der Waals surface area contributed by atoms with Gasteiger partial charge in [0.05, 0.1) is 6.61 Å². The summed E-state index contributed by atoms with van der Waals surface area (Å²) in [5, 5.41) is 3.47. The van der Waals surface area contributed by atoms with Gasteiger partial charge in [0.2, 0.25) is 0 Å². The van der Waals surface area contributed by atoms with Gasteiger partial charge in [-0.15, -0.1) is 0 Å². The Kier molecular flexibility index (Phi) is 4.58. The Morgan fingerprint density at radius 1 is 1.37 bits per heavy atom. The molecular formula is C16H24FNO. The Labute approximate surface area is 115 Å². The zero-order valence-electron chi connectivity index (χ0n) is 12.1. The number of nitrogens with one attached hydrogen (secondary N) is 1. The van der Waals surface area contributed by atoms with Gasteiger partial charge >= 0.3 is 0 Å². The van der Waals surface area contributed by atoms with Crippen LogP contribution in [0.15, 0.2) is 24.3 Å². The first-order valence-electron chi connectivity index (χ1n) is 7.05. The maximum atomic E-state index is 13.1. The van der Waals surface area contributed by atoms with E-state index in [1.54, 1.807) is 19.2 Å². The standard InChI is InChI=1S/C16H24FNO/c1-12(2)16(11-19-3)8-9-18-10-15(16)13-4-6-14(17)7-5-13/h4-7,12,15,18H,8-11H2,1-3H3. The molecule has 0 saturated carbocycles. The predicted octanol–water partition coefficient (Wildman–Crippen LogP) is 3.19. The minimum absolute atomic E-state index is 0.137. The van der Waals surface area contributed by atoms with E-state index in [1.165, 1.54) is 5.56 Å². The van der Waals surface area contributed by atoms with Gasteiger partial charge in [-0.1, -0.05) is 26.0 Å². The van der Waals surface area contributed by atoms with E-state index in [0.717, 1.165) is 26.1 Å². The maximum Gasteiger partial charge on any atom is 0.123 e. The molecule has 2 atom stereocenters. The van der Waals surface area contributed by atoms with Crippen molar-refractivity contribution in [3.05, 3.63) is 35.6 Å². The fourth-order valence-corrected chi connectivity index (χ4v) is 3.39. The largest absolute Gasteiger partial charge is 0.384 e. The lowest BCUT2D eigenvalue weighted by atomic mass is 9.62. The fraction of sp³-hybridized carbons (Fsp3) is 0.625. The number of rotatable bonds is 4. The molecule has 1 aliphatic rings. The van der Waals surface area contributed by atoms with Crippen LogP contribution in [0.4, 0.5) is 4.39 Å². The van der Waals surface area contributed by atoms with Crippen LogP contribution in [-0.2, 0) is 4.74 Å². The summed E-state index contributed by atoms with van der Waals surface area (Å²) in [5.74, 6) is 0.737. The normalized spacial score (nSPS) is 27.7. The summed E-state index contributed by atoms with van der Waals surface area (Å²) in [6, 6.07) is 6.95. The van der Waals surface area contributed by atoms with Gasteiger partial charge in [-0.25, -0.2) is 4.39 Å². The van der Waals surface area contributed by atoms with E-state index in [2.05, 4.69) is 19.2 Å². The van der Waals surface area contributed by atoms with E-state index in [9.17, 15) is 4.39 Å². The van der Waals surface area contributed by atoms with Crippen molar-refractivity contribution in [2.24, 2.45) is 11.3 Å². The van der Waals surface area contributed by atoms with Gasteiger partial charge in [-0.3, -0.25) is 0 Å². The van der Waals surface area contributed by atoms with Crippen molar-refractivity contribution in [1.29, 1.82) is 0 Å². The van der Waals surface area contributed by atoms with Crippen LogP contribution in [0.2, 0.25) is 0 Å². The number of hydrogen-bond acceptors (Lipinski definition) is 2. The number of piperidine rings is 1. The van der Waals surface area contributed by atoms with E-state index in [1.807, 2.05) is 12.1 Å². The van der Waals surface area contributed by atoms with Gasteiger partial charge in [-0.05, 0) is 36.6 Å². The van der Waals surface area contributed by atoms with E-state index < -0.39 is 0 Å². The van der Waals surface area contributed by atoms with Gasteiger partial charge in [0.1, 0.15) is 5.82 Å². The van der Waals surface area contributed by atoms with E-state index in [0.29, 0.717) is 11.8 Å². The Balaban J connectivity index is 2.35. The van der Waals surface area contributed by atoms with E-state index in [4.69, 9.17) is 4.74 Å². The van der Waals surface area contributed by atoms with Crippen LogP contribution in [0.1, 0.15) is 31.7 Å². The van der Waals surface area contributed by atoms with Crippen molar-refractivity contribution in [1.82, 2.24) is 5.32 Å². The topological polar surface area (TPSA) is 21.3 Å². The van der Waals surface area contributed by atoms with Crippen LogP contribution in [0.3, 0.4) is 0 Å². The summed E-state index contributed by atoms with van der Waals surface area (Å²) in [6.07, 6.45) is 1.10. The first kappa shape index (κ1) is 14.5. The molecule has 1 aromatic rings. The quantitative estimate of drug-likeness (QED) is 0.902. The van der Waals surface area contributed by atoms with Crippen LogP contribution in [-0.4, -0.2) is 26.8 Å². The van der Waals surface area contributed by atoms with Crippen LogP contribution < -0.4 is 5.32 Å². The first-order valence-corrected chi connectivity index (χ1v) is 7.05. The second kappa shape index (κ2) is 6.02. The highest BCUT2D eigenvalue weighted by Crippen LogP contribution is 2.46. The smallest absolute Gasteiger partial charge is 0.123 e. The number of halogens is 1. The molecular weight excluding hydrogens is 241 g/mol. The summed E-state index contributed by atoms with van der Waals surface area (Å²) in [6.45, 7) is 7.25. The van der Waals surface area contributed by atoms with E-state index >= 15 is 0 Å². The summed E-state index contributed by atoms with van der Waals surface area (Å²) in [7, 11) is 1.77. The minimum Gasteiger partial charge on any atom is -0.384 e. The Morgan fingerprint density at radius 2 is 2.05 bits per heavy atom. The number of benzene rings is 1. The van der Waals surface area contributed by atoms with Crippen molar-refractivity contribution in [3.63, 3.8) is 0 Å². The lowest BCUT2D eigenvalue weighted by Crippen LogP contribution is -2.49. The Bertz CT molecular complexity index is 400. The van der Waals surface area contributed by atoms with Gasteiger partial charge in [0.15, 0.2) is 0 Å². The predicted molar refractivity (Wildman–Crippen MR) is 75.8 cm³/mol. The van der Waals surface area contributed by atoms with Crippen molar-refractivity contribution < 1.29 is 9.13 Å². The van der Waals surface area contributed by atoms with Gasteiger partial charge in [0.25, 0.3) is 0 Å². The van der Waals surface area contributed by atoms with Gasteiger partial charge < -0.3 is 10.1 Å². The molecule has 0 aromatic heterocycles. The second-order valence-corrected chi connectivity index (χ2v) is 5.88. The van der Waals surface area contributed by atoms with Crippen LogP contribution >= 0.6 is 0 Å². The van der Waals surface area contributed by atoms with Crippen LogP contribution in [0.5, 0.6) is 0 Å². The lowest BCUT2D eigenvalue weighted by molar-refractivity contribution is -0.0000180. The van der Waals surface area contributed by atoms with Gasteiger partial charge in [-0.2, -0.15) is 0 Å². The second-order valence-electron chi connectivity index (χ2n) is 5.88. The molecule has 2 rings (SSSR count). The lowest BCUT2D eigenvalue weighted by Gasteiger charge is -2.47. The van der Waals surface area contributed by atoms with Crippen LogP contribution in [0, 0.1) is 17.2 Å². The van der Waals surface area contributed by atoms with Crippen LogP contribution in [0.25, 0.3) is 0 Å². The third-order valence-electron chi connectivity index (χ3n) is 4.64. The molecule has 19 heavy (non-hydrogen) atoms. The molecule has 3 heteroatoms. The molecule has 2 unspecified atom stereocenters. The molecule has 1 aliphatic heterocycles. The average Bonchev–Trinajstić information content (AvgIpc) is 2.40. The molecule has 0 amide bonds. The third-order valence-corrected chi connectivity index (χ3v) is 4.64. The third kappa shape index (κ3) is 2.82. The zero-order valence-corrected chi connectivity index (χ0v) is 12.1. The highest BCUT2D eigenvalue weighted by molar-refractivity contribution is 5.25. The SMILES string of the molecule is COCC1(C(C)C)CCNCC1c1ccc(F)cc1. The van der Waals surface area contributed by atoms with Crippen molar-refractivity contribution >= 4 is 0 Å². The maximum absolute atomic E-state index is 13.1. The summed E-state index contributed by atoms with van der Waals surface area (Å²) < 4.78 is 18.6. The Hall–Kier alpha value is -0.930. The summed E-state index contributed by atoms with van der Waals surface area (Å²) >= 11 is 0. The zero-order chi connectivity index (χ0) is 13.9. The molecule has 1 fully saturated rings. The fourth-order valence-electron chi connectivity index (χ4n) is 3.39. The number of hydrogen-bond donors (Lipinski definition) is 1. The molecule has 0 bridgehead atoms. The molecule has 2 nitrogen and oxygen atoms in total. The number of methoxy groups -OCH3 is 1. The van der Waals surface area contributed by atoms with Gasteiger partial charge in [0, 0.05) is 25.0 Å². The molecule has 1 saturated heterocycles. The summed E-state index contributed by atoms with van der Waals surface area (Å²) in [5.41, 5.74) is 1.34. The van der Waals surface area contributed by atoms with Crippen molar-refractivity contribution in [3.8, 4) is 0 Å². The Morgan fingerprint density at radius 3 is 2.63 bits per heavy atom. The molecule has 1 N–H and O–H groups in total. The molecule has 1 aromatic carbocycles. The monoisotopic (exact) mass is 265 g/mol. The summed E-state index contributed by atoms with van der Waals surface area (Å²) in [4.78, 5) is 0. The highest BCUT2D eigenvalue weighted by Gasteiger charge is 2.43. The molecule has 0 spiro atoms. The first-order chi connectivity index (χ1) is 9.10. The molecule has 106 valence electrons. The molecule has 0 radical (unpaired) electrons. The average molecular weight is 265 g/mol. The molecule has 0 aliphatic carbocycles. The van der Waals surface area contributed by atoms with Crippen molar-refractivity contribution in [2.45, 2.75) is 26.2 Å². The number of ether oxygens (including phenoxy) is 1. The van der Waals surface area contributed by atoms with E-state index in [-0.39, 0.29) is 11.2 Å². The minimum atomic E-state index is -0.172. The van der Waals surface area contributed by atoms with Crippen molar-refractivity contribution in [2.75, 3.05) is 26.8 Å². The highest BCUT2D eigenvalue weighted by atomic mass is 19.1. The molecule has 1 heterocycles.